The lowest BCUT2D eigenvalue weighted by Gasteiger charge is -2.07. The standard InChI is InChI=1S/C16H12F3N3S/c1-2-3-11-4-5-14(23-11)10-6-7-22-13(8-10)12(20)9-15(21)16(17,18)19/h4-9,20H,21H2,1H3. The molecular weight excluding hydrogens is 323 g/mol. The highest BCUT2D eigenvalue weighted by Gasteiger charge is 2.31. The molecule has 0 bridgehead atoms. The minimum absolute atomic E-state index is 0.117. The van der Waals surface area contributed by atoms with E-state index in [4.69, 9.17) is 11.1 Å². The number of alkyl halides is 3. The lowest BCUT2D eigenvalue weighted by atomic mass is 10.1. The van der Waals surface area contributed by atoms with Gasteiger partial charge in [-0.1, -0.05) is 5.92 Å². The lowest BCUT2D eigenvalue weighted by Crippen LogP contribution is -2.20. The van der Waals surface area contributed by atoms with Gasteiger partial charge in [-0.25, -0.2) is 0 Å². The summed E-state index contributed by atoms with van der Waals surface area (Å²) in [5.74, 6) is 5.74. The molecule has 3 N–H and O–H groups in total. The van der Waals surface area contributed by atoms with Crippen molar-refractivity contribution in [2.75, 3.05) is 0 Å². The van der Waals surface area contributed by atoms with E-state index in [2.05, 4.69) is 16.8 Å². The first-order chi connectivity index (χ1) is 10.8. The Balaban J connectivity index is 2.32. The maximum Gasteiger partial charge on any atom is 0.430 e. The average Bonchev–Trinajstić information content (AvgIpc) is 2.95. The van der Waals surface area contributed by atoms with Gasteiger partial charge in [0.25, 0.3) is 0 Å². The zero-order chi connectivity index (χ0) is 17.0. The van der Waals surface area contributed by atoms with E-state index in [0.717, 1.165) is 15.3 Å². The molecule has 118 valence electrons. The average molecular weight is 335 g/mol. The number of pyridine rings is 1. The molecular formula is C16H12F3N3S. The zero-order valence-corrected chi connectivity index (χ0v) is 12.8. The van der Waals surface area contributed by atoms with E-state index in [1.165, 1.54) is 17.5 Å². The van der Waals surface area contributed by atoms with Gasteiger partial charge in [-0.05, 0) is 42.8 Å². The van der Waals surface area contributed by atoms with Crippen LogP contribution in [0.1, 0.15) is 17.5 Å². The third-order valence-corrected chi connectivity index (χ3v) is 3.85. The number of hydrogen-bond acceptors (Lipinski definition) is 4. The number of allylic oxidation sites excluding steroid dienone is 2. The zero-order valence-electron chi connectivity index (χ0n) is 12.0. The fraction of sp³-hybridized carbons (Fsp3) is 0.125. The summed E-state index contributed by atoms with van der Waals surface area (Å²) in [7, 11) is 0. The predicted molar refractivity (Wildman–Crippen MR) is 85.3 cm³/mol. The Morgan fingerprint density at radius 1 is 1.35 bits per heavy atom. The van der Waals surface area contributed by atoms with Crippen molar-refractivity contribution in [3.8, 4) is 22.3 Å². The van der Waals surface area contributed by atoms with E-state index in [1.54, 1.807) is 19.1 Å². The Labute approximate surface area is 135 Å². The number of nitrogens with two attached hydrogens (primary N) is 1. The van der Waals surface area contributed by atoms with E-state index >= 15 is 0 Å². The first-order valence-electron chi connectivity index (χ1n) is 6.43. The van der Waals surface area contributed by atoms with Gasteiger partial charge >= 0.3 is 6.18 Å². The Morgan fingerprint density at radius 2 is 2.09 bits per heavy atom. The summed E-state index contributed by atoms with van der Waals surface area (Å²) in [6, 6.07) is 7.01. The number of aromatic nitrogens is 1. The third-order valence-electron chi connectivity index (χ3n) is 2.80. The Hall–Kier alpha value is -2.59. The van der Waals surface area contributed by atoms with Crippen LogP contribution in [0.15, 0.2) is 42.2 Å². The summed E-state index contributed by atoms with van der Waals surface area (Å²) in [6.45, 7) is 1.74. The molecule has 0 amide bonds. The lowest BCUT2D eigenvalue weighted by molar-refractivity contribution is -0.0925. The third kappa shape index (κ3) is 4.20. The van der Waals surface area contributed by atoms with Crippen molar-refractivity contribution in [1.82, 2.24) is 4.98 Å². The molecule has 23 heavy (non-hydrogen) atoms. The fourth-order valence-electron chi connectivity index (χ4n) is 1.73. The number of nitrogens with one attached hydrogen (secondary N) is 1. The molecule has 0 aliphatic carbocycles. The summed E-state index contributed by atoms with van der Waals surface area (Å²) in [6.07, 6.45) is -2.65. The van der Waals surface area contributed by atoms with Crippen molar-refractivity contribution < 1.29 is 13.2 Å². The van der Waals surface area contributed by atoms with Crippen molar-refractivity contribution in [3.63, 3.8) is 0 Å². The molecule has 0 radical (unpaired) electrons. The van der Waals surface area contributed by atoms with Crippen molar-refractivity contribution in [3.05, 3.63) is 52.8 Å². The van der Waals surface area contributed by atoms with Gasteiger partial charge in [0, 0.05) is 11.1 Å². The van der Waals surface area contributed by atoms with Gasteiger partial charge < -0.3 is 5.73 Å². The minimum atomic E-state index is -4.66. The van der Waals surface area contributed by atoms with E-state index in [-0.39, 0.29) is 5.69 Å². The van der Waals surface area contributed by atoms with Crippen LogP contribution in [-0.4, -0.2) is 16.9 Å². The minimum Gasteiger partial charge on any atom is -0.395 e. The van der Waals surface area contributed by atoms with Gasteiger partial charge in [0.15, 0.2) is 0 Å². The molecule has 2 rings (SSSR count). The number of nitrogens with zero attached hydrogens (tertiary/aromatic N) is 1. The molecule has 7 heteroatoms. The van der Waals surface area contributed by atoms with Gasteiger partial charge in [0.05, 0.1) is 16.3 Å². The number of hydrogen-bond donors (Lipinski definition) is 2. The molecule has 2 aromatic rings. The van der Waals surface area contributed by atoms with Gasteiger partial charge in [0.2, 0.25) is 0 Å². The van der Waals surface area contributed by atoms with Crippen molar-refractivity contribution in [2.24, 2.45) is 5.73 Å². The predicted octanol–water partition coefficient (Wildman–Crippen LogP) is 3.95. The Bertz CT molecular complexity index is 823. The van der Waals surface area contributed by atoms with Crippen molar-refractivity contribution in [1.29, 1.82) is 5.41 Å². The van der Waals surface area contributed by atoms with Gasteiger partial charge in [-0.2, -0.15) is 13.2 Å². The molecule has 0 aromatic carbocycles. The van der Waals surface area contributed by atoms with Gasteiger partial charge in [-0.15, -0.1) is 17.3 Å². The number of halogens is 3. The number of thiophene rings is 1. The quantitative estimate of drug-likeness (QED) is 0.659. The maximum absolute atomic E-state index is 12.4. The summed E-state index contributed by atoms with van der Waals surface area (Å²) < 4.78 is 37.3. The van der Waals surface area contributed by atoms with Gasteiger partial charge in [-0.3, -0.25) is 10.4 Å². The number of rotatable bonds is 3. The summed E-state index contributed by atoms with van der Waals surface area (Å²) in [4.78, 5) is 5.71. The van der Waals surface area contributed by atoms with Gasteiger partial charge in [0.1, 0.15) is 5.70 Å². The second kappa shape index (κ2) is 6.67. The fourth-order valence-corrected chi connectivity index (χ4v) is 2.63. The second-order valence-electron chi connectivity index (χ2n) is 4.48. The summed E-state index contributed by atoms with van der Waals surface area (Å²) in [5, 5.41) is 7.73. The van der Waals surface area contributed by atoms with E-state index < -0.39 is 17.6 Å². The topological polar surface area (TPSA) is 62.8 Å². The van der Waals surface area contributed by atoms with E-state index in [9.17, 15) is 13.2 Å². The summed E-state index contributed by atoms with van der Waals surface area (Å²) in [5.41, 5.74) is 4.08. The highest BCUT2D eigenvalue weighted by Crippen LogP contribution is 2.28. The smallest absolute Gasteiger partial charge is 0.395 e. The SMILES string of the molecule is CC#Cc1ccc(-c2ccnc(C(=N)C=C(N)C(F)(F)F)c2)s1. The van der Waals surface area contributed by atoms with Crippen molar-refractivity contribution in [2.45, 2.75) is 13.1 Å². The molecule has 0 saturated heterocycles. The molecule has 0 aliphatic rings. The van der Waals surface area contributed by atoms with E-state index in [0.29, 0.717) is 6.08 Å². The molecule has 0 aliphatic heterocycles. The normalized spacial score (nSPS) is 11.7. The Morgan fingerprint density at radius 3 is 2.74 bits per heavy atom. The highest BCUT2D eigenvalue weighted by atomic mass is 32.1. The van der Waals surface area contributed by atoms with Crippen LogP contribution < -0.4 is 5.73 Å². The van der Waals surface area contributed by atoms with Crippen LogP contribution >= 0.6 is 11.3 Å². The van der Waals surface area contributed by atoms with Crippen LogP contribution in [0.5, 0.6) is 0 Å². The maximum atomic E-state index is 12.4. The molecule has 2 aromatic heterocycles. The molecule has 0 atom stereocenters. The molecule has 0 fully saturated rings. The van der Waals surface area contributed by atoms with Crippen LogP contribution in [-0.2, 0) is 0 Å². The molecule has 2 heterocycles. The van der Waals surface area contributed by atoms with Crippen LogP contribution in [0, 0.1) is 17.3 Å². The monoisotopic (exact) mass is 335 g/mol. The first kappa shape index (κ1) is 16.8. The second-order valence-corrected chi connectivity index (χ2v) is 5.56. The van der Waals surface area contributed by atoms with Crippen LogP contribution in [0.25, 0.3) is 10.4 Å². The molecule has 0 unspecified atom stereocenters. The molecule has 0 saturated carbocycles. The van der Waals surface area contributed by atoms with Crippen LogP contribution in [0.2, 0.25) is 0 Å². The Kier molecular flexibility index (Phi) is 4.86. The molecule has 0 spiro atoms. The van der Waals surface area contributed by atoms with E-state index in [1.807, 2.05) is 12.1 Å². The highest BCUT2D eigenvalue weighted by molar-refractivity contribution is 7.16. The van der Waals surface area contributed by atoms with Crippen LogP contribution in [0.3, 0.4) is 0 Å². The summed E-state index contributed by atoms with van der Waals surface area (Å²) >= 11 is 1.46. The molecule has 3 nitrogen and oxygen atoms in total. The first-order valence-corrected chi connectivity index (χ1v) is 7.25. The largest absolute Gasteiger partial charge is 0.430 e. The van der Waals surface area contributed by atoms with Crippen molar-refractivity contribution >= 4 is 17.0 Å². The van der Waals surface area contributed by atoms with Crippen LogP contribution in [0.4, 0.5) is 13.2 Å².